The van der Waals surface area contributed by atoms with Crippen molar-refractivity contribution in [2.24, 2.45) is 0 Å². The number of hydrogen-bond acceptors (Lipinski definition) is 2. The van der Waals surface area contributed by atoms with Crippen LogP contribution in [0.25, 0.3) is 16.8 Å². The van der Waals surface area contributed by atoms with Crippen molar-refractivity contribution in [3.05, 3.63) is 76.5 Å². The molecular formula is C19H17NOS. The maximum Gasteiger partial charge on any atom is 0.244 e. The number of benzene rings is 2. The lowest BCUT2D eigenvalue weighted by Crippen LogP contribution is -2.24. The fourth-order valence-corrected chi connectivity index (χ4v) is 2.98. The van der Waals surface area contributed by atoms with Crippen molar-refractivity contribution in [2.75, 3.05) is 0 Å². The van der Waals surface area contributed by atoms with Gasteiger partial charge in [-0.25, -0.2) is 0 Å². The summed E-state index contributed by atoms with van der Waals surface area (Å²) < 4.78 is 0. The predicted octanol–water partition coefficient (Wildman–Crippen LogP) is 4.79. The Balaban J connectivity index is 1.69. The predicted molar refractivity (Wildman–Crippen MR) is 93.9 cm³/mol. The van der Waals surface area contributed by atoms with Gasteiger partial charge in [0.15, 0.2) is 0 Å². The molecule has 0 unspecified atom stereocenters. The summed E-state index contributed by atoms with van der Waals surface area (Å²) in [7, 11) is 0. The maximum atomic E-state index is 12.0. The zero-order chi connectivity index (χ0) is 15.4. The van der Waals surface area contributed by atoms with Gasteiger partial charge >= 0.3 is 0 Å². The van der Waals surface area contributed by atoms with E-state index in [-0.39, 0.29) is 11.9 Å². The fraction of sp³-hybridized carbons (Fsp3) is 0.105. The largest absolute Gasteiger partial charge is 0.346 e. The summed E-state index contributed by atoms with van der Waals surface area (Å²) in [6.07, 6.45) is 3.43. The summed E-state index contributed by atoms with van der Waals surface area (Å²) in [4.78, 5) is 13.1. The normalized spacial score (nSPS) is 12.6. The van der Waals surface area contributed by atoms with Crippen molar-refractivity contribution >= 4 is 34.1 Å². The number of fused-ring (bicyclic) bond motifs is 1. The van der Waals surface area contributed by atoms with E-state index >= 15 is 0 Å². The lowest BCUT2D eigenvalue weighted by molar-refractivity contribution is -0.117. The molecule has 0 bridgehead atoms. The third kappa shape index (κ3) is 3.43. The molecule has 1 atom stereocenters. The number of nitrogens with one attached hydrogen (secondary N) is 1. The van der Waals surface area contributed by atoms with Gasteiger partial charge in [0.05, 0.1) is 6.04 Å². The minimum absolute atomic E-state index is 0.0231. The maximum absolute atomic E-state index is 12.0. The summed E-state index contributed by atoms with van der Waals surface area (Å²) in [6.45, 7) is 2.00. The first-order valence-corrected chi connectivity index (χ1v) is 8.11. The molecule has 1 amide bonds. The highest BCUT2D eigenvalue weighted by Crippen LogP contribution is 2.20. The summed E-state index contributed by atoms with van der Waals surface area (Å²) in [5.74, 6) is -0.0749. The van der Waals surface area contributed by atoms with Gasteiger partial charge in [-0.05, 0) is 46.8 Å². The lowest BCUT2D eigenvalue weighted by Gasteiger charge is -2.13. The molecule has 2 nitrogen and oxygen atoms in total. The van der Waals surface area contributed by atoms with Crippen molar-refractivity contribution < 1.29 is 4.79 Å². The highest BCUT2D eigenvalue weighted by molar-refractivity contribution is 7.10. The van der Waals surface area contributed by atoms with Gasteiger partial charge < -0.3 is 5.32 Å². The topological polar surface area (TPSA) is 29.1 Å². The van der Waals surface area contributed by atoms with Crippen LogP contribution < -0.4 is 5.32 Å². The number of thiophene rings is 1. The first-order chi connectivity index (χ1) is 10.7. The molecule has 0 radical (unpaired) electrons. The van der Waals surface area contributed by atoms with Crippen LogP contribution in [-0.2, 0) is 4.79 Å². The van der Waals surface area contributed by atoms with Crippen LogP contribution in [0.15, 0.2) is 66.1 Å². The number of amides is 1. The molecule has 0 saturated heterocycles. The zero-order valence-corrected chi connectivity index (χ0v) is 13.1. The molecule has 3 rings (SSSR count). The number of rotatable bonds is 4. The molecule has 0 aliphatic rings. The molecule has 2 aromatic carbocycles. The molecule has 3 aromatic rings. The van der Waals surface area contributed by atoms with Crippen LogP contribution in [0.3, 0.4) is 0 Å². The van der Waals surface area contributed by atoms with Crippen LogP contribution in [0.4, 0.5) is 0 Å². The molecule has 0 aliphatic heterocycles. The Hall–Kier alpha value is -2.39. The summed E-state index contributed by atoms with van der Waals surface area (Å²) in [6, 6.07) is 18.5. The van der Waals surface area contributed by atoms with Crippen molar-refractivity contribution in [1.29, 1.82) is 0 Å². The molecule has 3 heteroatoms. The molecule has 1 N–H and O–H groups in total. The summed E-state index contributed by atoms with van der Waals surface area (Å²) in [5.41, 5.74) is 1.11. The Morgan fingerprint density at radius 3 is 2.68 bits per heavy atom. The number of carbonyl (C=O) groups excluding carboxylic acids is 1. The molecule has 110 valence electrons. The van der Waals surface area contributed by atoms with Gasteiger partial charge in [0.2, 0.25) is 5.91 Å². The second-order valence-electron chi connectivity index (χ2n) is 5.19. The van der Waals surface area contributed by atoms with Crippen LogP contribution in [0.2, 0.25) is 0 Å². The summed E-state index contributed by atoms with van der Waals surface area (Å²) in [5, 5.41) is 7.40. The van der Waals surface area contributed by atoms with Gasteiger partial charge in [-0.2, -0.15) is 0 Å². The Kier molecular flexibility index (Phi) is 4.35. The number of hydrogen-bond donors (Lipinski definition) is 1. The van der Waals surface area contributed by atoms with E-state index in [9.17, 15) is 4.79 Å². The van der Waals surface area contributed by atoms with E-state index in [1.165, 1.54) is 10.8 Å². The second kappa shape index (κ2) is 6.58. The third-order valence-corrected chi connectivity index (χ3v) is 4.41. The van der Waals surface area contributed by atoms with Crippen LogP contribution in [-0.4, -0.2) is 5.91 Å². The van der Waals surface area contributed by atoms with E-state index in [4.69, 9.17) is 0 Å². The Labute approximate surface area is 134 Å². The molecule has 0 saturated carbocycles. The third-order valence-electron chi connectivity index (χ3n) is 3.57. The molecule has 1 aromatic heterocycles. The standard InChI is InChI=1S/C19H17NOS/c1-14(20-19(21)11-10-18-7-4-12-22-18)16-9-8-15-5-2-3-6-17(15)13-16/h2-14H,1H3,(H,20,21)/t14-/m0/s1. The average Bonchev–Trinajstić information content (AvgIpc) is 3.06. The minimum atomic E-state index is -0.0749. The summed E-state index contributed by atoms with van der Waals surface area (Å²) >= 11 is 1.61. The average molecular weight is 307 g/mol. The molecule has 1 heterocycles. The van der Waals surface area contributed by atoms with Gasteiger partial charge in [0, 0.05) is 11.0 Å². The molecule has 0 fully saturated rings. The Morgan fingerprint density at radius 2 is 1.91 bits per heavy atom. The fourth-order valence-electron chi connectivity index (χ4n) is 2.37. The first-order valence-electron chi connectivity index (χ1n) is 7.23. The smallest absolute Gasteiger partial charge is 0.244 e. The van der Waals surface area contributed by atoms with E-state index in [1.807, 2.05) is 42.6 Å². The molecule has 0 spiro atoms. The van der Waals surface area contributed by atoms with E-state index in [0.717, 1.165) is 10.4 Å². The highest BCUT2D eigenvalue weighted by atomic mass is 32.1. The number of carbonyl (C=O) groups is 1. The lowest BCUT2D eigenvalue weighted by atomic mass is 10.0. The van der Waals surface area contributed by atoms with Gasteiger partial charge in [0.25, 0.3) is 0 Å². The molecule has 0 aliphatic carbocycles. The second-order valence-corrected chi connectivity index (χ2v) is 6.16. The highest BCUT2D eigenvalue weighted by Gasteiger charge is 2.08. The van der Waals surface area contributed by atoms with E-state index in [1.54, 1.807) is 17.4 Å². The van der Waals surface area contributed by atoms with E-state index in [0.29, 0.717) is 0 Å². The Bertz CT molecular complexity index is 805. The van der Waals surface area contributed by atoms with Gasteiger partial charge in [-0.15, -0.1) is 11.3 Å². The molecular weight excluding hydrogens is 290 g/mol. The molecule has 22 heavy (non-hydrogen) atoms. The van der Waals surface area contributed by atoms with Crippen LogP contribution in [0.1, 0.15) is 23.4 Å². The van der Waals surface area contributed by atoms with Crippen molar-refractivity contribution in [3.8, 4) is 0 Å². The van der Waals surface area contributed by atoms with Crippen LogP contribution in [0.5, 0.6) is 0 Å². The monoisotopic (exact) mass is 307 g/mol. The van der Waals surface area contributed by atoms with Gasteiger partial charge in [-0.3, -0.25) is 4.79 Å². The van der Waals surface area contributed by atoms with Gasteiger partial charge in [0.1, 0.15) is 0 Å². The zero-order valence-electron chi connectivity index (χ0n) is 12.3. The quantitative estimate of drug-likeness (QED) is 0.690. The van der Waals surface area contributed by atoms with E-state index in [2.05, 4.69) is 35.6 Å². The van der Waals surface area contributed by atoms with Crippen LogP contribution >= 0.6 is 11.3 Å². The van der Waals surface area contributed by atoms with Crippen molar-refractivity contribution in [2.45, 2.75) is 13.0 Å². The SMILES string of the molecule is C[C@H](NC(=O)C=Cc1cccs1)c1ccc2ccccc2c1. The van der Waals surface area contributed by atoms with Crippen molar-refractivity contribution in [3.63, 3.8) is 0 Å². The van der Waals surface area contributed by atoms with Crippen molar-refractivity contribution in [1.82, 2.24) is 5.32 Å². The minimum Gasteiger partial charge on any atom is -0.346 e. The Morgan fingerprint density at radius 1 is 1.09 bits per heavy atom. The first kappa shape index (κ1) is 14.5. The van der Waals surface area contributed by atoms with Gasteiger partial charge in [-0.1, -0.05) is 42.5 Å². The van der Waals surface area contributed by atoms with E-state index < -0.39 is 0 Å². The van der Waals surface area contributed by atoms with Crippen LogP contribution in [0, 0.1) is 0 Å².